The number of fused-ring (bicyclic) bond motifs is 1. The van der Waals surface area contributed by atoms with Crippen molar-refractivity contribution in [2.45, 2.75) is 5.51 Å². The predicted molar refractivity (Wildman–Crippen MR) is 94.7 cm³/mol. The molecule has 0 aliphatic carbocycles. The van der Waals surface area contributed by atoms with Crippen LogP contribution in [0.3, 0.4) is 0 Å². The third kappa shape index (κ3) is 5.89. The molecule has 144 valence electrons. The fourth-order valence-electron chi connectivity index (χ4n) is 2.03. The summed E-state index contributed by atoms with van der Waals surface area (Å²) in [5.74, 6) is 1.63. The molecule has 0 saturated heterocycles. The minimum Gasteiger partial charge on any atom is -0.741 e. The van der Waals surface area contributed by atoms with Crippen LogP contribution in [0.1, 0.15) is 10.4 Å². The molecule has 0 N–H and O–H groups in total. The van der Waals surface area contributed by atoms with Crippen LogP contribution in [-0.2, 0) is 21.0 Å². The van der Waals surface area contributed by atoms with E-state index < -0.39 is 15.6 Å². The summed E-state index contributed by atoms with van der Waals surface area (Å²) >= 11 is 0. The van der Waals surface area contributed by atoms with Crippen molar-refractivity contribution >= 4 is 37.6 Å². The van der Waals surface area contributed by atoms with Gasteiger partial charge >= 0.3 is 5.51 Å². The fourth-order valence-corrected chi connectivity index (χ4v) is 2.71. The number of hydrogen-bond donors (Lipinski definition) is 0. The smallest absolute Gasteiger partial charge is 0.485 e. The number of carbonyl (C=O) groups is 1. The zero-order valence-corrected chi connectivity index (χ0v) is 15.8. The molecule has 0 heterocycles. The summed E-state index contributed by atoms with van der Waals surface area (Å²) in [4.78, 5) is 12.2. The molecule has 2 rings (SSSR count). The first kappa shape index (κ1) is 22.3. The second kappa shape index (κ2) is 8.74. The van der Waals surface area contributed by atoms with Crippen molar-refractivity contribution in [3.8, 4) is 5.75 Å². The van der Waals surface area contributed by atoms with Gasteiger partial charge in [0.25, 0.3) is 0 Å². The van der Waals surface area contributed by atoms with Gasteiger partial charge in [-0.25, -0.2) is 8.42 Å². The lowest BCUT2D eigenvalue weighted by Gasteiger charge is -2.09. The van der Waals surface area contributed by atoms with E-state index in [-0.39, 0.29) is 16.7 Å². The number of ether oxygens (including phenoxy) is 1. The Bertz CT molecular complexity index is 877. The van der Waals surface area contributed by atoms with Crippen LogP contribution in [0.4, 0.5) is 13.2 Å². The minimum atomic E-state index is -6.09. The van der Waals surface area contributed by atoms with Crippen LogP contribution in [0.5, 0.6) is 5.75 Å². The van der Waals surface area contributed by atoms with Gasteiger partial charge in [0, 0.05) is 10.9 Å². The summed E-state index contributed by atoms with van der Waals surface area (Å²) in [5, 5.41) is 1.98. The van der Waals surface area contributed by atoms with E-state index >= 15 is 0 Å². The van der Waals surface area contributed by atoms with Gasteiger partial charge in [-0.2, -0.15) is 13.2 Å². The molecular formula is C16H17F3O5S2. The lowest BCUT2D eigenvalue weighted by molar-refractivity contribution is -0.0517. The molecule has 0 aliphatic heterocycles. The molecule has 0 saturated carbocycles. The van der Waals surface area contributed by atoms with Gasteiger partial charge in [0.05, 0.1) is 19.6 Å². The third-order valence-corrected chi connectivity index (χ3v) is 4.51. The molecule has 0 aromatic heterocycles. The van der Waals surface area contributed by atoms with Gasteiger partial charge in [0.2, 0.25) is 5.78 Å². The van der Waals surface area contributed by atoms with Gasteiger partial charge in [-0.1, -0.05) is 24.3 Å². The normalized spacial score (nSPS) is 11.8. The Morgan fingerprint density at radius 1 is 1.12 bits per heavy atom. The summed E-state index contributed by atoms with van der Waals surface area (Å²) in [6.45, 7) is 0. The Hall–Kier alpha value is -1.78. The first-order valence-electron chi connectivity index (χ1n) is 7.03. The Morgan fingerprint density at radius 3 is 2.04 bits per heavy atom. The van der Waals surface area contributed by atoms with Crippen LogP contribution in [-0.4, -0.2) is 49.6 Å². The molecule has 0 unspecified atom stereocenters. The molecular weight excluding hydrogens is 393 g/mol. The summed E-state index contributed by atoms with van der Waals surface area (Å²) in [7, 11) is -4.32. The van der Waals surface area contributed by atoms with E-state index in [9.17, 15) is 18.0 Å². The summed E-state index contributed by atoms with van der Waals surface area (Å²) in [5.41, 5.74) is -4.85. The highest BCUT2D eigenvalue weighted by Gasteiger charge is 2.36. The SMILES string of the molecule is COc1ccc(C(=O)C[S+](C)C)c2ccccc12.O=S(=O)([O-])C(F)(F)F. The van der Waals surface area contributed by atoms with E-state index in [0.717, 1.165) is 22.1 Å². The van der Waals surface area contributed by atoms with Crippen molar-refractivity contribution < 1.29 is 35.7 Å². The van der Waals surface area contributed by atoms with Gasteiger partial charge in [-0.3, -0.25) is 4.79 Å². The maximum Gasteiger partial charge on any atom is 0.485 e. The van der Waals surface area contributed by atoms with Crippen molar-refractivity contribution in [3.05, 3.63) is 42.0 Å². The van der Waals surface area contributed by atoms with Crippen molar-refractivity contribution in [1.29, 1.82) is 0 Å². The molecule has 26 heavy (non-hydrogen) atoms. The molecule has 0 bridgehead atoms. The number of rotatable bonds is 4. The van der Waals surface area contributed by atoms with Crippen LogP contribution in [0.15, 0.2) is 36.4 Å². The number of alkyl halides is 3. The van der Waals surface area contributed by atoms with Gasteiger partial charge in [0.1, 0.15) is 5.75 Å². The number of carbonyl (C=O) groups excluding carboxylic acids is 1. The van der Waals surface area contributed by atoms with Crippen LogP contribution in [0, 0.1) is 0 Å². The van der Waals surface area contributed by atoms with E-state index in [4.69, 9.17) is 17.7 Å². The van der Waals surface area contributed by atoms with Gasteiger partial charge in [-0.15, -0.1) is 0 Å². The number of methoxy groups -OCH3 is 1. The molecule has 0 fully saturated rings. The average molecular weight is 410 g/mol. The predicted octanol–water partition coefficient (Wildman–Crippen LogP) is 2.96. The van der Waals surface area contributed by atoms with Crippen molar-refractivity contribution in [3.63, 3.8) is 0 Å². The van der Waals surface area contributed by atoms with Gasteiger partial charge in [-0.05, 0) is 28.4 Å². The molecule has 2 aromatic rings. The standard InChI is InChI=1S/C15H17O2S.CHF3O3S/c1-17-15-9-8-12(14(16)10-18(2)3)11-6-4-5-7-13(11)15;2-1(3,4)8(5,6)7/h4-9H,10H2,1-3H3;(H,5,6,7)/q+1;/p-1. The first-order chi connectivity index (χ1) is 11.9. The van der Waals surface area contributed by atoms with Crippen molar-refractivity contribution in [2.24, 2.45) is 0 Å². The van der Waals surface area contributed by atoms with E-state index in [1.807, 2.05) is 36.4 Å². The van der Waals surface area contributed by atoms with Crippen LogP contribution in [0.25, 0.3) is 10.8 Å². The number of halogens is 3. The van der Waals surface area contributed by atoms with E-state index in [1.165, 1.54) is 0 Å². The molecule has 0 amide bonds. The maximum absolute atomic E-state index is 12.2. The van der Waals surface area contributed by atoms with Crippen LogP contribution < -0.4 is 4.74 Å². The lowest BCUT2D eigenvalue weighted by atomic mass is 10.0. The number of Topliss-reactive ketones (excluding diaryl/α,β-unsaturated/α-hetero) is 1. The summed E-state index contributed by atoms with van der Waals surface area (Å²) in [6, 6.07) is 11.6. The van der Waals surface area contributed by atoms with E-state index in [2.05, 4.69) is 12.5 Å². The molecule has 0 aliphatic rings. The molecule has 2 aromatic carbocycles. The quantitative estimate of drug-likeness (QED) is 0.335. The molecule has 5 nitrogen and oxygen atoms in total. The topological polar surface area (TPSA) is 83.5 Å². The second-order valence-corrected chi connectivity index (χ2v) is 8.94. The Balaban J connectivity index is 0.000000359. The summed E-state index contributed by atoms with van der Waals surface area (Å²) < 4.78 is 64.2. The monoisotopic (exact) mass is 410 g/mol. The number of ketones is 1. The fraction of sp³-hybridized carbons (Fsp3) is 0.312. The largest absolute Gasteiger partial charge is 0.741 e. The Kier molecular flexibility index (Phi) is 7.48. The number of benzene rings is 2. The Morgan fingerprint density at radius 2 is 1.62 bits per heavy atom. The molecule has 0 radical (unpaired) electrons. The highest BCUT2D eigenvalue weighted by atomic mass is 32.2. The molecule has 0 spiro atoms. The molecule has 0 atom stereocenters. The Labute approximate surface area is 152 Å². The lowest BCUT2D eigenvalue weighted by Crippen LogP contribution is -2.21. The van der Waals surface area contributed by atoms with Gasteiger partial charge < -0.3 is 9.29 Å². The number of hydrogen-bond acceptors (Lipinski definition) is 5. The van der Waals surface area contributed by atoms with Crippen LogP contribution in [0.2, 0.25) is 0 Å². The molecule has 10 heteroatoms. The zero-order chi connectivity index (χ0) is 20.1. The van der Waals surface area contributed by atoms with Crippen molar-refractivity contribution in [1.82, 2.24) is 0 Å². The highest BCUT2D eigenvalue weighted by Crippen LogP contribution is 2.28. The van der Waals surface area contributed by atoms with E-state index in [0.29, 0.717) is 5.75 Å². The highest BCUT2D eigenvalue weighted by molar-refractivity contribution is 7.96. The summed E-state index contributed by atoms with van der Waals surface area (Å²) in [6.07, 6.45) is 4.17. The first-order valence-corrected chi connectivity index (χ1v) is 10.7. The van der Waals surface area contributed by atoms with Crippen molar-refractivity contribution in [2.75, 3.05) is 25.4 Å². The zero-order valence-electron chi connectivity index (χ0n) is 14.2. The van der Waals surface area contributed by atoms with E-state index in [1.54, 1.807) is 7.11 Å². The second-order valence-electron chi connectivity index (χ2n) is 5.31. The maximum atomic E-state index is 12.2. The minimum absolute atomic E-state index is 0.123. The third-order valence-electron chi connectivity index (χ3n) is 3.11. The van der Waals surface area contributed by atoms with Gasteiger partial charge in [0.15, 0.2) is 15.9 Å². The van der Waals surface area contributed by atoms with Crippen LogP contribution >= 0.6 is 0 Å². The average Bonchev–Trinajstić information content (AvgIpc) is 2.51.